The van der Waals surface area contributed by atoms with Crippen LogP contribution in [-0.2, 0) is 11.8 Å². The molecule has 1 atom stereocenters. The van der Waals surface area contributed by atoms with E-state index in [1.165, 1.54) is 9.36 Å². The molecule has 0 amide bonds. The fourth-order valence-corrected chi connectivity index (χ4v) is 2.14. The first kappa shape index (κ1) is 12.9. The van der Waals surface area contributed by atoms with Crippen molar-refractivity contribution >= 4 is 0 Å². The zero-order valence-electron chi connectivity index (χ0n) is 11.4. The normalized spacial score (nSPS) is 18.4. The maximum atomic E-state index is 12.0. The SMILES string of the molecule is Cc1ccc(O[C@@H]2CCOC2)c(-n2nnn(C)c2=O)c1. The van der Waals surface area contributed by atoms with Gasteiger partial charge in [0, 0.05) is 13.5 Å². The van der Waals surface area contributed by atoms with Gasteiger partial charge in [0.25, 0.3) is 0 Å². The minimum absolute atomic E-state index is 0.0174. The molecule has 1 fully saturated rings. The number of nitrogens with zero attached hydrogens (tertiary/aromatic N) is 4. The molecule has 0 spiro atoms. The predicted octanol–water partition coefficient (Wildman–Crippen LogP) is 0.442. The standard InChI is InChI=1S/C13H16N4O3/c1-9-3-4-12(20-10-5-6-19-8-10)11(7-9)17-13(18)16(2)14-15-17/h3-4,7,10H,5-6,8H2,1-2H3/t10-/m1/s1. The van der Waals surface area contributed by atoms with Crippen LogP contribution in [0.1, 0.15) is 12.0 Å². The molecule has 0 radical (unpaired) electrons. The Hall–Kier alpha value is -2.15. The third-order valence-electron chi connectivity index (χ3n) is 3.25. The van der Waals surface area contributed by atoms with Gasteiger partial charge in [-0.1, -0.05) is 6.07 Å². The van der Waals surface area contributed by atoms with Crippen LogP contribution < -0.4 is 10.4 Å². The number of tetrazole rings is 1. The van der Waals surface area contributed by atoms with Crippen LogP contribution in [0.25, 0.3) is 5.69 Å². The van der Waals surface area contributed by atoms with Crippen molar-refractivity contribution in [3.05, 3.63) is 34.2 Å². The molecule has 1 aromatic heterocycles. The molecule has 0 saturated carbocycles. The van der Waals surface area contributed by atoms with Crippen LogP contribution in [0.3, 0.4) is 0 Å². The van der Waals surface area contributed by atoms with E-state index in [0.717, 1.165) is 12.0 Å². The average Bonchev–Trinajstić information content (AvgIpc) is 3.04. The molecule has 0 N–H and O–H groups in total. The van der Waals surface area contributed by atoms with E-state index in [0.29, 0.717) is 24.7 Å². The highest BCUT2D eigenvalue weighted by Gasteiger charge is 2.20. The Kier molecular flexibility index (Phi) is 3.27. The summed E-state index contributed by atoms with van der Waals surface area (Å²) in [5, 5.41) is 7.60. The Morgan fingerprint density at radius 3 is 2.90 bits per heavy atom. The van der Waals surface area contributed by atoms with Gasteiger partial charge in [0.2, 0.25) is 0 Å². The molecule has 106 valence electrons. The maximum Gasteiger partial charge on any atom is 0.368 e. The van der Waals surface area contributed by atoms with Crippen molar-refractivity contribution < 1.29 is 9.47 Å². The summed E-state index contributed by atoms with van der Waals surface area (Å²) in [5.41, 5.74) is 1.32. The second-order valence-electron chi connectivity index (χ2n) is 4.87. The molecular formula is C13H16N4O3. The fourth-order valence-electron chi connectivity index (χ4n) is 2.14. The zero-order valence-corrected chi connectivity index (χ0v) is 11.4. The molecule has 1 aromatic carbocycles. The molecule has 3 rings (SSSR count). The fraction of sp³-hybridized carbons (Fsp3) is 0.462. The van der Waals surface area contributed by atoms with Crippen molar-refractivity contribution in [3.8, 4) is 11.4 Å². The van der Waals surface area contributed by atoms with E-state index in [1.54, 1.807) is 7.05 Å². The summed E-state index contributed by atoms with van der Waals surface area (Å²) in [6, 6.07) is 5.65. The van der Waals surface area contributed by atoms with Gasteiger partial charge in [-0.05, 0) is 35.0 Å². The van der Waals surface area contributed by atoms with E-state index >= 15 is 0 Å². The molecule has 2 aromatic rings. The van der Waals surface area contributed by atoms with Crippen molar-refractivity contribution in [2.45, 2.75) is 19.4 Å². The summed E-state index contributed by atoms with van der Waals surface area (Å²) >= 11 is 0. The van der Waals surface area contributed by atoms with E-state index in [2.05, 4.69) is 10.4 Å². The number of hydrogen-bond acceptors (Lipinski definition) is 5. The van der Waals surface area contributed by atoms with Crippen molar-refractivity contribution in [3.63, 3.8) is 0 Å². The van der Waals surface area contributed by atoms with E-state index in [4.69, 9.17) is 9.47 Å². The van der Waals surface area contributed by atoms with Crippen molar-refractivity contribution in [1.29, 1.82) is 0 Å². The van der Waals surface area contributed by atoms with Gasteiger partial charge >= 0.3 is 5.69 Å². The largest absolute Gasteiger partial charge is 0.486 e. The second-order valence-corrected chi connectivity index (χ2v) is 4.87. The van der Waals surface area contributed by atoms with Crippen molar-refractivity contribution in [1.82, 2.24) is 19.8 Å². The van der Waals surface area contributed by atoms with E-state index in [9.17, 15) is 4.79 Å². The Morgan fingerprint density at radius 1 is 1.40 bits per heavy atom. The molecule has 0 aliphatic carbocycles. The molecule has 1 saturated heterocycles. The zero-order chi connectivity index (χ0) is 14.1. The number of ether oxygens (including phenoxy) is 2. The van der Waals surface area contributed by atoms with Gasteiger partial charge in [-0.3, -0.25) is 0 Å². The Balaban J connectivity index is 2.01. The van der Waals surface area contributed by atoms with Gasteiger partial charge in [-0.15, -0.1) is 0 Å². The molecular weight excluding hydrogens is 260 g/mol. The summed E-state index contributed by atoms with van der Waals surface area (Å²) in [6.07, 6.45) is 0.867. The number of aryl methyl sites for hydroxylation is 2. The highest BCUT2D eigenvalue weighted by atomic mass is 16.5. The first-order valence-electron chi connectivity index (χ1n) is 6.49. The van der Waals surface area contributed by atoms with Gasteiger partial charge < -0.3 is 9.47 Å². The Morgan fingerprint density at radius 2 is 2.25 bits per heavy atom. The molecule has 2 heterocycles. The third kappa shape index (κ3) is 2.32. The van der Waals surface area contributed by atoms with Crippen molar-refractivity contribution in [2.75, 3.05) is 13.2 Å². The molecule has 7 heteroatoms. The number of rotatable bonds is 3. The summed E-state index contributed by atoms with van der Waals surface area (Å²) in [7, 11) is 1.56. The lowest BCUT2D eigenvalue weighted by molar-refractivity contribution is 0.141. The maximum absolute atomic E-state index is 12.0. The Labute approximate surface area is 115 Å². The van der Waals surface area contributed by atoms with Crippen LogP contribution in [0, 0.1) is 6.92 Å². The minimum atomic E-state index is -0.303. The second kappa shape index (κ2) is 5.09. The summed E-state index contributed by atoms with van der Waals surface area (Å²) in [4.78, 5) is 12.0. The van der Waals surface area contributed by atoms with Gasteiger partial charge in [-0.25, -0.2) is 4.79 Å². The predicted molar refractivity (Wildman–Crippen MR) is 71.2 cm³/mol. The van der Waals surface area contributed by atoms with E-state index < -0.39 is 0 Å². The monoisotopic (exact) mass is 276 g/mol. The summed E-state index contributed by atoms with van der Waals surface area (Å²) in [5.74, 6) is 0.619. The smallest absolute Gasteiger partial charge is 0.368 e. The summed E-state index contributed by atoms with van der Waals surface area (Å²) in [6.45, 7) is 3.23. The minimum Gasteiger partial charge on any atom is -0.486 e. The molecule has 20 heavy (non-hydrogen) atoms. The van der Waals surface area contributed by atoms with Crippen LogP contribution in [0.4, 0.5) is 0 Å². The number of aromatic nitrogens is 4. The van der Waals surface area contributed by atoms with Crippen LogP contribution in [0.15, 0.2) is 23.0 Å². The van der Waals surface area contributed by atoms with E-state index in [-0.39, 0.29) is 11.8 Å². The topological polar surface area (TPSA) is 71.2 Å². The number of benzene rings is 1. The highest BCUT2D eigenvalue weighted by molar-refractivity contribution is 5.48. The first-order valence-corrected chi connectivity index (χ1v) is 6.49. The van der Waals surface area contributed by atoms with Crippen LogP contribution in [-0.4, -0.2) is 39.1 Å². The van der Waals surface area contributed by atoms with Crippen LogP contribution in [0.5, 0.6) is 5.75 Å². The van der Waals surface area contributed by atoms with Gasteiger partial charge in [0.15, 0.2) is 0 Å². The van der Waals surface area contributed by atoms with Gasteiger partial charge in [0.05, 0.1) is 13.2 Å². The summed E-state index contributed by atoms with van der Waals surface area (Å²) < 4.78 is 13.7. The third-order valence-corrected chi connectivity index (χ3v) is 3.25. The quantitative estimate of drug-likeness (QED) is 0.813. The van der Waals surface area contributed by atoms with Gasteiger partial charge in [-0.2, -0.15) is 9.36 Å². The van der Waals surface area contributed by atoms with E-state index in [1.807, 2.05) is 25.1 Å². The lowest BCUT2D eigenvalue weighted by Gasteiger charge is -2.15. The lowest BCUT2D eigenvalue weighted by Crippen LogP contribution is -2.24. The average molecular weight is 276 g/mol. The van der Waals surface area contributed by atoms with Crippen LogP contribution in [0.2, 0.25) is 0 Å². The highest BCUT2D eigenvalue weighted by Crippen LogP contribution is 2.25. The molecule has 0 bridgehead atoms. The molecule has 1 aliphatic rings. The molecule has 7 nitrogen and oxygen atoms in total. The van der Waals surface area contributed by atoms with Crippen molar-refractivity contribution in [2.24, 2.45) is 7.05 Å². The Bertz CT molecular complexity index is 670. The molecule has 1 aliphatic heterocycles. The molecule has 0 unspecified atom stereocenters. The van der Waals surface area contributed by atoms with Crippen LogP contribution >= 0.6 is 0 Å². The first-order chi connectivity index (χ1) is 9.65. The lowest BCUT2D eigenvalue weighted by atomic mass is 10.2. The van der Waals surface area contributed by atoms with Gasteiger partial charge in [0.1, 0.15) is 17.5 Å². The number of hydrogen-bond donors (Lipinski definition) is 0.